The van der Waals surface area contributed by atoms with Gasteiger partial charge in [-0.25, -0.2) is 21.5 Å². The first-order valence-electron chi connectivity index (χ1n) is 14.2. The molecule has 0 bridgehead atoms. The summed E-state index contributed by atoms with van der Waals surface area (Å²) in [5.74, 6) is -1.15. The van der Waals surface area contributed by atoms with Gasteiger partial charge in [-0.15, -0.1) is 0 Å². The molecule has 1 aromatic rings. The second-order valence-corrected chi connectivity index (χ2v) is 15.5. The zero-order valence-electron chi connectivity index (χ0n) is 24.5. The van der Waals surface area contributed by atoms with Gasteiger partial charge in [0.1, 0.15) is 0 Å². The van der Waals surface area contributed by atoms with Crippen LogP contribution in [0.2, 0.25) is 0 Å². The summed E-state index contributed by atoms with van der Waals surface area (Å²) < 4.78 is 27.3. The lowest BCUT2D eigenvalue weighted by atomic mass is 9.87. The van der Waals surface area contributed by atoms with Crippen LogP contribution < -0.4 is 0 Å². The number of carboxylic acids is 1. The molecular formula is C32H42O7S2-2. The largest absolute Gasteiger partial charge is 0.799 e. The van der Waals surface area contributed by atoms with Gasteiger partial charge in [-0.1, -0.05) is 51.0 Å². The highest BCUT2D eigenvalue weighted by Gasteiger charge is 2.26. The van der Waals surface area contributed by atoms with Gasteiger partial charge in [-0.05, 0) is 101 Å². The first-order chi connectivity index (χ1) is 19.3. The fraction of sp³-hybridized carbons (Fsp3) is 0.531. The van der Waals surface area contributed by atoms with Gasteiger partial charge in [0.15, 0.2) is 11.6 Å². The summed E-state index contributed by atoms with van der Waals surface area (Å²) in [6.07, 6.45) is 8.07. The van der Waals surface area contributed by atoms with E-state index in [0.717, 1.165) is 19.3 Å². The Morgan fingerprint density at radius 3 is 2.12 bits per heavy atom. The van der Waals surface area contributed by atoms with Crippen molar-refractivity contribution in [3.05, 3.63) is 52.4 Å². The molecule has 0 saturated carbocycles. The maximum absolute atomic E-state index is 13.7. The zero-order chi connectivity index (χ0) is 30.4. The maximum Gasteiger partial charge on any atom is 0.309 e. The Morgan fingerprint density at radius 2 is 1.46 bits per heavy atom. The summed E-state index contributed by atoms with van der Waals surface area (Å²) >= 11 is 0. The highest BCUT2D eigenvalue weighted by atomic mass is 32.2. The molecule has 2 atom stereocenters. The van der Waals surface area contributed by atoms with Crippen LogP contribution in [0.25, 0.3) is 4.91 Å². The van der Waals surface area contributed by atoms with Crippen LogP contribution in [-0.4, -0.2) is 53.2 Å². The van der Waals surface area contributed by atoms with Crippen molar-refractivity contribution >= 4 is 53.7 Å². The number of aliphatic hydroxyl groups is 1. The highest BCUT2D eigenvalue weighted by Crippen LogP contribution is 2.42. The number of aliphatic carboxylic acids is 1. The van der Waals surface area contributed by atoms with Gasteiger partial charge < -0.3 is 19.3 Å². The Hall–Kier alpha value is -2.17. The van der Waals surface area contributed by atoms with Crippen LogP contribution in [0, 0.1) is 10.8 Å². The third-order valence-corrected chi connectivity index (χ3v) is 11.0. The normalized spacial score (nSPS) is 20.3. The summed E-state index contributed by atoms with van der Waals surface area (Å²) in [4.78, 5) is 38.8. The number of benzene rings is 1. The van der Waals surface area contributed by atoms with E-state index in [2.05, 4.69) is 0 Å². The Labute approximate surface area is 248 Å². The maximum atomic E-state index is 13.7. The quantitative estimate of drug-likeness (QED) is 0.181. The van der Waals surface area contributed by atoms with Gasteiger partial charge >= 0.3 is 5.97 Å². The van der Waals surface area contributed by atoms with Gasteiger partial charge in [0, 0.05) is 19.4 Å². The molecule has 41 heavy (non-hydrogen) atoms. The van der Waals surface area contributed by atoms with E-state index in [0.29, 0.717) is 62.8 Å². The lowest BCUT2D eigenvalue weighted by molar-refractivity contribution is -0.147. The van der Waals surface area contributed by atoms with Crippen LogP contribution >= 0.6 is 21.5 Å². The van der Waals surface area contributed by atoms with Crippen LogP contribution in [0.3, 0.4) is 0 Å². The smallest absolute Gasteiger partial charge is 0.309 e. The van der Waals surface area contributed by atoms with Crippen molar-refractivity contribution in [3.63, 3.8) is 0 Å². The van der Waals surface area contributed by atoms with Crippen LogP contribution in [0.15, 0.2) is 41.3 Å². The Kier molecular flexibility index (Phi) is 11.7. The van der Waals surface area contributed by atoms with E-state index in [1.165, 1.54) is 12.2 Å². The standard InChI is InChI=1S/C32H43O7S2/c1-31(2,21-33)15-9-7-11-24-17-22(34)19-28(40(24)38)26-13-5-6-14-27(26)29-20-23(35)18-25(41(29)39)12-8-10-16-32(3,4)30(36)37/h5-6,13-14,17,20,33H,7-12,15-16,18-19,21H2,1-4H3,(H2-,35,36,37,38,39)/q-1/p-1. The van der Waals surface area contributed by atoms with E-state index in [-0.39, 0.29) is 36.4 Å². The van der Waals surface area contributed by atoms with Crippen molar-refractivity contribution in [2.24, 2.45) is 10.8 Å². The van der Waals surface area contributed by atoms with Crippen molar-refractivity contribution in [2.75, 3.05) is 6.61 Å². The lowest BCUT2D eigenvalue weighted by Crippen LogP contribution is -2.23. The fourth-order valence-electron chi connectivity index (χ4n) is 4.97. The molecule has 2 aliphatic heterocycles. The number of ketones is 2. The molecule has 0 spiro atoms. The fourth-order valence-corrected chi connectivity index (χ4v) is 8.04. The molecule has 0 aliphatic carbocycles. The number of carbonyl (C=O) groups excluding carboxylic acids is 2. The first kappa shape index (κ1) is 33.3. The molecule has 0 amide bonds. The monoisotopic (exact) mass is 602 g/mol. The summed E-state index contributed by atoms with van der Waals surface area (Å²) in [7, 11) is -3.11. The highest BCUT2D eigenvalue weighted by molar-refractivity contribution is 8.19. The summed E-state index contributed by atoms with van der Waals surface area (Å²) in [5, 5.41) is 18.8. The van der Waals surface area contributed by atoms with Gasteiger partial charge in [0.2, 0.25) is 0 Å². The van der Waals surface area contributed by atoms with Crippen LogP contribution in [0.5, 0.6) is 0 Å². The molecule has 9 heteroatoms. The van der Waals surface area contributed by atoms with Gasteiger partial charge in [-0.2, -0.15) is 0 Å². The number of unbranched alkanes of at least 4 members (excludes halogenated alkanes) is 2. The van der Waals surface area contributed by atoms with Gasteiger partial charge in [0.25, 0.3) is 0 Å². The van der Waals surface area contributed by atoms with Crippen LogP contribution in [-0.2, 0) is 14.4 Å². The van der Waals surface area contributed by atoms with Gasteiger partial charge in [-0.3, -0.25) is 14.4 Å². The molecule has 2 heterocycles. The molecule has 0 radical (unpaired) electrons. The van der Waals surface area contributed by atoms with E-state index in [1.54, 1.807) is 38.1 Å². The minimum Gasteiger partial charge on any atom is -0.799 e. The minimum atomic E-state index is -1.57. The molecule has 0 aromatic heterocycles. The number of carbonyl (C=O) groups is 3. The zero-order valence-corrected chi connectivity index (χ0v) is 26.1. The average molecular weight is 603 g/mol. The van der Waals surface area contributed by atoms with E-state index < -0.39 is 32.9 Å². The van der Waals surface area contributed by atoms with E-state index >= 15 is 0 Å². The molecular weight excluding hydrogens is 560 g/mol. The third kappa shape index (κ3) is 8.91. The van der Waals surface area contributed by atoms with Crippen molar-refractivity contribution in [1.29, 1.82) is 0 Å². The Morgan fingerprint density at radius 1 is 0.854 bits per heavy atom. The Balaban J connectivity index is 1.84. The average Bonchev–Trinajstić information content (AvgIpc) is 2.92. The summed E-state index contributed by atoms with van der Waals surface area (Å²) in [5.41, 5.74) is 0.0929. The van der Waals surface area contributed by atoms with Crippen molar-refractivity contribution in [3.8, 4) is 0 Å². The number of allylic oxidation sites excluding steroid dienone is 3. The van der Waals surface area contributed by atoms with Crippen LogP contribution in [0.4, 0.5) is 0 Å². The third-order valence-electron chi connectivity index (χ3n) is 7.78. The van der Waals surface area contributed by atoms with E-state index in [1.807, 2.05) is 13.8 Å². The number of rotatable bonds is 14. The number of aliphatic hydroxyl groups excluding tert-OH is 1. The molecule has 0 fully saturated rings. The predicted molar refractivity (Wildman–Crippen MR) is 167 cm³/mol. The molecule has 0 saturated heterocycles. The summed E-state index contributed by atoms with van der Waals surface area (Å²) in [6, 6.07) is 7.09. The molecule has 3 rings (SSSR count). The molecule has 2 aliphatic rings. The number of hydrogen-bond acceptors (Lipinski definition) is 6. The van der Waals surface area contributed by atoms with Crippen LogP contribution in [0.1, 0.15) is 103 Å². The summed E-state index contributed by atoms with van der Waals surface area (Å²) in [6.45, 7) is 7.44. The second kappa shape index (κ2) is 14.3. The predicted octanol–water partition coefficient (Wildman–Crippen LogP) is 6.60. The van der Waals surface area contributed by atoms with Crippen molar-refractivity contribution in [1.82, 2.24) is 0 Å². The number of carboxylic acid groups (broad SMARTS) is 1. The number of hydrogen-bond donors (Lipinski definition) is 2. The lowest BCUT2D eigenvalue weighted by Gasteiger charge is -2.32. The van der Waals surface area contributed by atoms with Crippen molar-refractivity contribution < 1.29 is 33.7 Å². The topological polar surface area (TPSA) is 138 Å². The molecule has 2 unspecified atom stereocenters. The second-order valence-electron chi connectivity index (χ2n) is 12.4. The first-order valence-corrected chi connectivity index (χ1v) is 16.5. The van der Waals surface area contributed by atoms with E-state index in [9.17, 15) is 33.7 Å². The molecule has 2 N–H and O–H groups in total. The molecule has 226 valence electrons. The molecule has 1 aromatic carbocycles. The Bertz CT molecular complexity index is 1310. The van der Waals surface area contributed by atoms with E-state index in [4.69, 9.17) is 0 Å². The van der Waals surface area contributed by atoms with Gasteiger partial charge in [0.05, 0.1) is 5.41 Å². The SMILES string of the molecule is CC(C)(CO)CCCCC1=CC(=O)CC(c2ccccc2C2=CC(=O)CC(CCCCC(C)(C)C(=O)O)=S2[O-])=S1[O-]. The molecule has 7 nitrogen and oxygen atoms in total. The van der Waals surface area contributed by atoms with Crippen molar-refractivity contribution in [2.45, 2.75) is 91.9 Å². The minimum absolute atomic E-state index is 0.00549.